The fourth-order valence-electron chi connectivity index (χ4n) is 2.71. The standard InChI is InChI=1S/C15H25N3/c1-13-15(4-3-8-17-13)12-18-10-6-14(7-11-18)5-9-16-2/h3-4,8,14,16H,5-7,9-12H2,1-2H3. The molecule has 0 aliphatic carbocycles. The van der Waals surface area contributed by atoms with Gasteiger partial charge in [0.05, 0.1) is 0 Å². The van der Waals surface area contributed by atoms with Crippen LogP contribution in [-0.4, -0.2) is 36.6 Å². The van der Waals surface area contributed by atoms with E-state index >= 15 is 0 Å². The van der Waals surface area contributed by atoms with Crippen LogP contribution >= 0.6 is 0 Å². The van der Waals surface area contributed by atoms with Crippen molar-refractivity contribution in [3.05, 3.63) is 29.6 Å². The molecular formula is C15H25N3. The Labute approximate surface area is 111 Å². The van der Waals surface area contributed by atoms with E-state index in [2.05, 4.69) is 28.2 Å². The third-order valence-electron chi connectivity index (χ3n) is 4.02. The van der Waals surface area contributed by atoms with Crippen LogP contribution in [0.15, 0.2) is 18.3 Å². The molecule has 0 bridgehead atoms. The van der Waals surface area contributed by atoms with Crippen LogP contribution in [0.4, 0.5) is 0 Å². The number of nitrogens with one attached hydrogen (secondary N) is 1. The number of aryl methyl sites for hydroxylation is 1. The number of piperidine rings is 1. The van der Waals surface area contributed by atoms with Crippen molar-refractivity contribution in [2.45, 2.75) is 32.7 Å². The fourth-order valence-corrected chi connectivity index (χ4v) is 2.71. The molecule has 0 radical (unpaired) electrons. The molecule has 1 aliphatic rings. The van der Waals surface area contributed by atoms with Gasteiger partial charge in [-0.2, -0.15) is 0 Å². The van der Waals surface area contributed by atoms with Crippen molar-refractivity contribution in [3.63, 3.8) is 0 Å². The van der Waals surface area contributed by atoms with Gasteiger partial charge in [-0.25, -0.2) is 0 Å². The van der Waals surface area contributed by atoms with E-state index in [1.54, 1.807) is 0 Å². The molecule has 0 spiro atoms. The summed E-state index contributed by atoms with van der Waals surface area (Å²) in [6.07, 6.45) is 5.90. The molecule has 0 unspecified atom stereocenters. The van der Waals surface area contributed by atoms with Crippen LogP contribution in [-0.2, 0) is 6.54 Å². The lowest BCUT2D eigenvalue weighted by Gasteiger charge is -2.32. The summed E-state index contributed by atoms with van der Waals surface area (Å²) >= 11 is 0. The fraction of sp³-hybridized carbons (Fsp3) is 0.667. The lowest BCUT2D eigenvalue weighted by atomic mass is 9.93. The molecule has 2 heterocycles. The van der Waals surface area contributed by atoms with Gasteiger partial charge in [0.15, 0.2) is 0 Å². The highest BCUT2D eigenvalue weighted by molar-refractivity contribution is 5.18. The van der Waals surface area contributed by atoms with Crippen LogP contribution < -0.4 is 5.32 Å². The molecule has 1 aliphatic heterocycles. The first-order valence-electron chi connectivity index (χ1n) is 7.07. The molecule has 0 amide bonds. The molecule has 1 saturated heterocycles. The molecule has 0 saturated carbocycles. The number of pyridine rings is 1. The van der Waals surface area contributed by atoms with Crippen LogP contribution in [0.5, 0.6) is 0 Å². The molecule has 18 heavy (non-hydrogen) atoms. The first-order valence-corrected chi connectivity index (χ1v) is 7.07. The minimum atomic E-state index is 0.920. The quantitative estimate of drug-likeness (QED) is 0.864. The predicted octanol–water partition coefficient (Wildman–Crippen LogP) is 2.21. The monoisotopic (exact) mass is 247 g/mol. The number of hydrogen-bond acceptors (Lipinski definition) is 3. The van der Waals surface area contributed by atoms with Crippen molar-refractivity contribution in [1.82, 2.24) is 15.2 Å². The van der Waals surface area contributed by atoms with Gasteiger partial charge in [-0.1, -0.05) is 6.07 Å². The summed E-state index contributed by atoms with van der Waals surface area (Å²) in [5.74, 6) is 0.920. The normalized spacial score (nSPS) is 18.1. The molecular weight excluding hydrogens is 222 g/mol. The third kappa shape index (κ3) is 3.79. The number of likely N-dealkylation sites (tertiary alicyclic amines) is 1. The molecule has 0 aromatic carbocycles. The molecule has 0 atom stereocenters. The van der Waals surface area contributed by atoms with Crippen molar-refractivity contribution >= 4 is 0 Å². The Bertz CT molecular complexity index is 357. The second-order valence-electron chi connectivity index (χ2n) is 5.36. The van der Waals surface area contributed by atoms with Crippen molar-refractivity contribution < 1.29 is 0 Å². The second-order valence-corrected chi connectivity index (χ2v) is 5.36. The Kier molecular flexibility index (Phi) is 5.14. The average molecular weight is 247 g/mol. The summed E-state index contributed by atoms with van der Waals surface area (Å²) < 4.78 is 0. The summed E-state index contributed by atoms with van der Waals surface area (Å²) in [6, 6.07) is 4.25. The van der Waals surface area contributed by atoms with E-state index in [4.69, 9.17) is 0 Å². The molecule has 3 nitrogen and oxygen atoms in total. The first kappa shape index (κ1) is 13.5. The van der Waals surface area contributed by atoms with E-state index in [0.29, 0.717) is 0 Å². The van der Waals surface area contributed by atoms with Crippen LogP contribution in [0.1, 0.15) is 30.5 Å². The Balaban J connectivity index is 1.78. The van der Waals surface area contributed by atoms with Crippen LogP contribution in [0.3, 0.4) is 0 Å². The molecule has 1 fully saturated rings. The Morgan fingerprint density at radius 3 is 2.83 bits per heavy atom. The molecule has 3 heteroatoms. The van der Waals surface area contributed by atoms with E-state index < -0.39 is 0 Å². The van der Waals surface area contributed by atoms with Gasteiger partial charge in [0.2, 0.25) is 0 Å². The maximum absolute atomic E-state index is 4.37. The van der Waals surface area contributed by atoms with E-state index in [1.807, 2.05) is 19.3 Å². The maximum atomic E-state index is 4.37. The number of nitrogens with zero attached hydrogens (tertiary/aromatic N) is 2. The van der Waals surface area contributed by atoms with Crippen LogP contribution in [0, 0.1) is 12.8 Å². The third-order valence-corrected chi connectivity index (χ3v) is 4.02. The highest BCUT2D eigenvalue weighted by Crippen LogP contribution is 2.21. The second kappa shape index (κ2) is 6.86. The van der Waals surface area contributed by atoms with Gasteiger partial charge in [-0.15, -0.1) is 0 Å². The number of rotatable bonds is 5. The maximum Gasteiger partial charge on any atom is 0.0417 e. The van der Waals surface area contributed by atoms with E-state index in [1.165, 1.54) is 43.6 Å². The van der Waals surface area contributed by atoms with Gasteiger partial charge in [0, 0.05) is 18.4 Å². The first-order chi connectivity index (χ1) is 8.79. The van der Waals surface area contributed by atoms with Crippen molar-refractivity contribution in [2.75, 3.05) is 26.7 Å². The Morgan fingerprint density at radius 2 is 2.17 bits per heavy atom. The molecule has 1 aromatic heterocycles. The van der Waals surface area contributed by atoms with Crippen LogP contribution in [0.25, 0.3) is 0 Å². The Morgan fingerprint density at radius 1 is 1.39 bits per heavy atom. The summed E-state index contributed by atoms with van der Waals surface area (Å²) in [5, 5.41) is 3.25. The highest BCUT2D eigenvalue weighted by atomic mass is 15.1. The van der Waals surface area contributed by atoms with Gasteiger partial charge in [0.25, 0.3) is 0 Å². The summed E-state index contributed by atoms with van der Waals surface area (Å²) in [7, 11) is 2.04. The topological polar surface area (TPSA) is 28.2 Å². The minimum absolute atomic E-state index is 0.920. The molecule has 1 aromatic rings. The highest BCUT2D eigenvalue weighted by Gasteiger charge is 2.19. The van der Waals surface area contributed by atoms with Gasteiger partial charge >= 0.3 is 0 Å². The minimum Gasteiger partial charge on any atom is -0.320 e. The molecule has 2 rings (SSSR count). The SMILES string of the molecule is CNCCC1CCN(Cc2cccnc2C)CC1. The largest absolute Gasteiger partial charge is 0.320 e. The lowest BCUT2D eigenvalue weighted by molar-refractivity contribution is 0.172. The van der Waals surface area contributed by atoms with Crippen molar-refractivity contribution in [1.29, 1.82) is 0 Å². The molecule has 100 valence electrons. The number of hydrogen-bond donors (Lipinski definition) is 1. The van der Waals surface area contributed by atoms with Gasteiger partial charge < -0.3 is 5.32 Å². The zero-order valence-electron chi connectivity index (χ0n) is 11.7. The summed E-state index contributed by atoms with van der Waals surface area (Å²) in [5.41, 5.74) is 2.56. The lowest BCUT2D eigenvalue weighted by Crippen LogP contribution is -2.34. The molecule has 1 N–H and O–H groups in total. The van der Waals surface area contributed by atoms with Crippen LogP contribution in [0.2, 0.25) is 0 Å². The van der Waals surface area contributed by atoms with Gasteiger partial charge in [-0.05, 0) is 70.4 Å². The predicted molar refractivity (Wildman–Crippen MR) is 75.5 cm³/mol. The smallest absolute Gasteiger partial charge is 0.0417 e. The van der Waals surface area contributed by atoms with E-state index in [0.717, 1.165) is 19.0 Å². The van der Waals surface area contributed by atoms with Crippen molar-refractivity contribution in [3.8, 4) is 0 Å². The Hall–Kier alpha value is -0.930. The van der Waals surface area contributed by atoms with Gasteiger partial charge in [-0.3, -0.25) is 9.88 Å². The summed E-state index contributed by atoms with van der Waals surface area (Å²) in [4.78, 5) is 6.93. The van der Waals surface area contributed by atoms with E-state index in [9.17, 15) is 0 Å². The van der Waals surface area contributed by atoms with E-state index in [-0.39, 0.29) is 0 Å². The zero-order valence-corrected chi connectivity index (χ0v) is 11.7. The summed E-state index contributed by atoms with van der Waals surface area (Å²) in [6.45, 7) is 6.81. The number of aromatic nitrogens is 1. The zero-order chi connectivity index (χ0) is 12.8. The van der Waals surface area contributed by atoms with Crippen molar-refractivity contribution in [2.24, 2.45) is 5.92 Å². The average Bonchev–Trinajstić information content (AvgIpc) is 2.41. The van der Waals surface area contributed by atoms with Gasteiger partial charge in [0.1, 0.15) is 0 Å².